The van der Waals surface area contributed by atoms with E-state index in [9.17, 15) is 13.5 Å². The third-order valence-electron chi connectivity index (χ3n) is 5.77. The first-order chi connectivity index (χ1) is 11.9. The monoisotopic (exact) mass is 517 g/mol. The van der Waals surface area contributed by atoms with Crippen molar-refractivity contribution in [3.63, 3.8) is 0 Å². The van der Waals surface area contributed by atoms with E-state index >= 15 is 0 Å². The molecule has 1 saturated carbocycles. The van der Waals surface area contributed by atoms with Crippen molar-refractivity contribution in [3.05, 3.63) is 0 Å². The van der Waals surface area contributed by atoms with Gasteiger partial charge in [0.05, 0.1) is 22.6 Å². The lowest BCUT2D eigenvalue weighted by Gasteiger charge is -2.45. The molecule has 9 heteroatoms. The molecule has 1 atom stereocenters. The highest BCUT2D eigenvalue weighted by molar-refractivity contribution is 14.0. The summed E-state index contributed by atoms with van der Waals surface area (Å²) in [7, 11) is -3.05. The fourth-order valence-corrected chi connectivity index (χ4v) is 7.63. The molecular formula is C17H32IN3O3S2. The molecule has 3 rings (SSSR count). The number of rotatable bonds is 3. The van der Waals surface area contributed by atoms with Crippen LogP contribution in [-0.2, 0) is 9.84 Å². The van der Waals surface area contributed by atoms with Crippen molar-refractivity contribution < 1.29 is 13.5 Å². The van der Waals surface area contributed by atoms with Gasteiger partial charge in [-0.3, -0.25) is 4.99 Å². The van der Waals surface area contributed by atoms with E-state index in [1.54, 1.807) is 11.8 Å². The van der Waals surface area contributed by atoms with E-state index in [0.717, 1.165) is 62.5 Å². The Labute approximate surface area is 178 Å². The average molecular weight is 517 g/mol. The van der Waals surface area contributed by atoms with E-state index in [-0.39, 0.29) is 29.7 Å². The standard InChI is InChI=1S/C17H31N3O3S2.HI/c1-2-18-15(19-12-16(21)8-10-24-14-16)20-9-11-25(22,23)17(13-20)6-4-3-5-7-17;/h21H,2-14H2,1H3,(H,18,19);1H. The van der Waals surface area contributed by atoms with Crippen molar-refractivity contribution in [2.75, 3.05) is 43.4 Å². The number of hydrogen-bond acceptors (Lipinski definition) is 5. The molecular weight excluding hydrogens is 485 g/mol. The Morgan fingerprint density at radius 2 is 2.00 bits per heavy atom. The van der Waals surface area contributed by atoms with Crippen molar-refractivity contribution in [2.24, 2.45) is 4.99 Å². The van der Waals surface area contributed by atoms with Gasteiger partial charge in [-0.2, -0.15) is 11.8 Å². The zero-order chi connectivity index (χ0) is 18.0. The normalized spacial score (nSPS) is 30.8. The summed E-state index contributed by atoms with van der Waals surface area (Å²) in [6.45, 7) is 4.17. The first-order valence-corrected chi connectivity index (χ1v) is 12.3. The Balaban J connectivity index is 0.00000243. The molecule has 6 nitrogen and oxygen atoms in total. The van der Waals surface area contributed by atoms with Crippen LogP contribution in [0.15, 0.2) is 4.99 Å². The summed E-state index contributed by atoms with van der Waals surface area (Å²) in [6, 6.07) is 0. The number of hydrogen-bond donors (Lipinski definition) is 2. The van der Waals surface area contributed by atoms with E-state index in [4.69, 9.17) is 0 Å². The van der Waals surface area contributed by atoms with E-state index in [1.807, 2.05) is 6.92 Å². The highest BCUT2D eigenvalue weighted by Gasteiger charge is 2.48. The van der Waals surface area contributed by atoms with Crippen LogP contribution in [0.3, 0.4) is 0 Å². The molecule has 1 unspecified atom stereocenters. The first kappa shape index (κ1) is 22.5. The number of sulfone groups is 1. The number of nitrogens with one attached hydrogen (secondary N) is 1. The Morgan fingerprint density at radius 3 is 2.62 bits per heavy atom. The minimum absolute atomic E-state index is 0. The predicted octanol–water partition coefficient (Wildman–Crippen LogP) is 1.87. The van der Waals surface area contributed by atoms with E-state index in [1.165, 1.54) is 0 Å². The summed E-state index contributed by atoms with van der Waals surface area (Å²) in [5.41, 5.74) is -0.713. The molecule has 26 heavy (non-hydrogen) atoms. The van der Waals surface area contributed by atoms with Crippen molar-refractivity contribution in [1.29, 1.82) is 0 Å². The quantitative estimate of drug-likeness (QED) is 0.338. The molecule has 2 saturated heterocycles. The van der Waals surface area contributed by atoms with Crippen LogP contribution >= 0.6 is 35.7 Å². The number of halogens is 1. The van der Waals surface area contributed by atoms with Crippen LogP contribution in [0.5, 0.6) is 0 Å². The van der Waals surface area contributed by atoms with Gasteiger partial charge in [0.15, 0.2) is 15.8 Å². The third kappa shape index (κ3) is 4.81. The van der Waals surface area contributed by atoms with Crippen LogP contribution in [0.2, 0.25) is 0 Å². The molecule has 2 aliphatic heterocycles. The Morgan fingerprint density at radius 1 is 1.27 bits per heavy atom. The second kappa shape index (κ2) is 9.17. The Bertz CT molecular complexity index is 600. The van der Waals surface area contributed by atoms with E-state index in [0.29, 0.717) is 19.6 Å². The molecule has 1 aliphatic carbocycles. The molecule has 2 heterocycles. The van der Waals surface area contributed by atoms with Crippen molar-refractivity contribution in [2.45, 2.75) is 55.8 Å². The van der Waals surface area contributed by atoms with Gasteiger partial charge >= 0.3 is 0 Å². The largest absolute Gasteiger partial charge is 0.387 e. The van der Waals surface area contributed by atoms with Crippen LogP contribution in [0.1, 0.15) is 45.4 Å². The Kier molecular flexibility index (Phi) is 7.95. The van der Waals surface area contributed by atoms with Gasteiger partial charge in [0, 0.05) is 25.4 Å². The summed E-state index contributed by atoms with van der Waals surface area (Å²) in [4.78, 5) is 6.80. The number of aliphatic imine (C=N–C) groups is 1. The van der Waals surface area contributed by atoms with Crippen molar-refractivity contribution in [1.82, 2.24) is 10.2 Å². The fraction of sp³-hybridized carbons (Fsp3) is 0.941. The molecule has 0 aromatic carbocycles. The highest BCUT2D eigenvalue weighted by atomic mass is 127. The molecule has 2 N–H and O–H groups in total. The molecule has 3 fully saturated rings. The minimum atomic E-state index is -3.05. The van der Waals surface area contributed by atoms with Crippen LogP contribution < -0.4 is 5.32 Å². The van der Waals surface area contributed by atoms with Gasteiger partial charge in [0.2, 0.25) is 0 Å². The zero-order valence-corrected chi connectivity index (χ0v) is 19.5. The zero-order valence-electron chi connectivity index (χ0n) is 15.6. The lowest BCUT2D eigenvalue weighted by Crippen LogP contribution is -2.60. The third-order valence-corrected chi connectivity index (χ3v) is 9.58. The van der Waals surface area contributed by atoms with Crippen LogP contribution in [0.4, 0.5) is 0 Å². The van der Waals surface area contributed by atoms with Gasteiger partial charge in [-0.1, -0.05) is 19.3 Å². The topological polar surface area (TPSA) is 82.0 Å². The van der Waals surface area contributed by atoms with Crippen LogP contribution in [-0.4, -0.2) is 78.2 Å². The van der Waals surface area contributed by atoms with E-state index < -0.39 is 20.2 Å². The number of aliphatic hydroxyl groups is 1. The smallest absolute Gasteiger partial charge is 0.194 e. The van der Waals surface area contributed by atoms with Gasteiger partial charge in [-0.15, -0.1) is 24.0 Å². The molecule has 0 aromatic rings. The summed E-state index contributed by atoms with van der Waals surface area (Å²) >= 11 is 1.77. The predicted molar refractivity (Wildman–Crippen MR) is 119 cm³/mol. The maximum Gasteiger partial charge on any atom is 0.194 e. The van der Waals surface area contributed by atoms with Gasteiger partial charge in [0.1, 0.15) is 0 Å². The number of guanidine groups is 1. The summed E-state index contributed by atoms with van der Waals surface area (Å²) in [5, 5.41) is 13.9. The highest BCUT2D eigenvalue weighted by Crippen LogP contribution is 2.38. The van der Waals surface area contributed by atoms with Gasteiger partial charge < -0.3 is 15.3 Å². The van der Waals surface area contributed by atoms with Crippen molar-refractivity contribution >= 4 is 51.5 Å². The summed E-state index contributed by atoms with van der Waals surface area (Å²) in [5.74, 6) is 2.67. The summed E-state index contributed by atoms with van der Waals surface area (Å²) in [6.07, 6.45) is 5.45. The van der Waals surface area contributed by atoms with E-state index in [2.05, 4.69) is 15.2 Å². The molecule has 1 spiro atoms. The molecule has 0 amide bonds. The van der Waals surface area contributed by atoms with Crippen LogP contribution in [0.25, 0.3) is 0 Å². The summed E-state index contributed by atoms with van der Waals surface area (Å²) < 4.78 is 24.9. The lowest BCUT2D eigenvalue weighted by atomic mass is 9.87. The molecule has 0 aromatic heterocycles. The molecule has 3 aliphatic rings. The van der Waals surface area contributed by atoms with Crippen molar-refractivity contribution in [3.8, 4) is 0 Å². The average Bonchev–Trinajstić information content (AvgIpc) is 3.02. The minimum Gasteiger partial charge on any atom is -0.387 e. The SMILES string of the molecule is CCNC(=NCC1(O)CCSC1)N1CCS(=O)(=O)C2(CCCCC2)C1.I. The van der Waals surface area contributed by atoms with Crippen LogP contribution in [0, 0.1) is 0 Å². The maximum atomic E-state index is 12.8. The molecule has 0 bridgehead atoms. The maximum absolute atomic E-state index is 12.8. The second-order valence-corrected chi connectivity index (χ2v) is 11.3. The Hall–Kier alpha value is 0.260. The van der Waals surface area contributed by atoms with Gasteiger partial charge in [0.25, 0.3) is 0 Å². The second-order valence-electron chi connectivity index (χ2n) is 7.68. The molecule has 152 valence electrons. The number of nitrogens with zero attached hydrogens (tertiary/aromatic N) is 2. The lowest BCUT2D eigenvalue weighted by molar-refractivity contribution is 0.0775. The first-order valence-electron chi connectivity index (χ1n) is 9.45. The van der Waals surface area contributed by atoms with Gasteiger partial charge in [-0.25, -0.2) is 8.42 Å². The number of thioether (sulfide) groups is 1. The molecule has 0 radical (unpaired) electrons. The fourth-order valence-electron chi connectivity index (χ4n) is 4.19. The van der Waals surface area contributed by atoms with Gasteiger partial charge in [-0.05, 0) is 31.9 Å².